The number of halogens is 1. The van der Waals surface area contributed by atoms with Gasteiger partial charge in [0.25, 0.3) is 5.91 Å². The molecule has 0 aliphatic carbocycles. The lowest BCUT2D eigenvalue weighted by molar-refractivity contribution is 0.103. The maximum absolute atomic E-state index is 12.2. The molecule has 1 aromatic carbocycles. The molecule has 5 heteroatoms. The Labute approximate surface area is 132 Å². The molecular formula is C16H14ClNO2S. The highest BCUT2D eigenvalue weighted by Gasteiger charge is 2.10. The number of hydrogen-bond donors (Lipinski definition) is 2. The number of benzene rings is 1. The smallest absolute Gasteiger partial charge is 0.265 e. The first-order chi connectivity index (χ1) is 10.1. The lowest BCUT2D eigenvalue weighted by Crippen LogP contribution is -2.11. The molecule has 3 nitrogen and oxygen atoms in total. The zero-order chi connectivity index (χ0) is 15.2. The van der Waals surface area contributed by atoms with Crippen molar-refractivity contribution in [2.45, 2.75) is 13.3 Å². The third-order valence-corrected chi connectivity index (χ3v) is 3.96. The van der Waals surface area contributed by atoms with E-state index in [1.165, 1.54) is 11.3 Å². The van der Waals surface area contributed by atoms with Gasteiger partial charge in [-0.05, 0) is 36.8 Å². The minimum absolute atomic E-state index is 0.0414. The van der Waals surface area contributed by atoms with Gasteiger partial charge in [0.1, 0.15) is 0 Å². The van der Waals surface area contributed by atoms with E-state index in [0.29, 0.717) is 22.0 Å². The topological polar surface area (TPSA) is 49.3 Å². The molecule has 0 unspecified atom stereocenters. The first kappa shape index (κ1) is 15.6. The summed E-state index contributed by atoms with van der Waals surface area (Å²) in [4.78, 5) is 13.6. The Morgan fingerprint density at radius 3 is 2.95 bits per heavy atom. The summed E-state index contributed by atoms with van der Waals surface area (Å²) in [6.07, 6.45) is 0.432. The van der Waals surface area contributed by atoms with Crippen LogP contribution in [0, 0.1) is 18.8 Å². The van der Waals surface area contributed by atoms with E-state index < -0.39 is 0 Å². The van der Waals surface area contributed by atoms with Crippen molar-refractivity contribution in [2.75, 3.05) is 11.9 Å². The summed E-state index contributed by atoms with van der Waals surface area (Å²) >= 11 is 7.25. The molecule has 1 heterocycles. The van der Waals surface area contributed by atoms with Crippen molar-refractivity contribution < 1.29 is 9.90 Å². The van der Waals surface area contributed by atoms with Crippen LogP contribution in [0.15, 0.2) is 30.3 Å². The summed E-state index contributed by atoms with van der Waals surface area (Å²) in [5.41, 5.74) is 1.65. The van der Waals surface area contributed by atoms with Gasteiger partial charge in [0, 0.05) is 17.1 Å². The van der Waals surface area contributed by atoms with Crippen molar-refractivity contribution in [2.24, 2.45) is 0 Å². The molecule has 0 atom stereocenters. The number of carbonyl (C=O) groups excluding carboxylic acids is 1. The van der Waals surface area contributed by atoms with E-state index in [9.17, 15) is 4.79 Å². The fourth-order valence-electron chi connectivity index (χ4n) is 1.65. The molecule has 2 rings (SSSR count). The maximum atomic E-state index is 12.2. The lowest BCUT2D eigenvalue weighted by atomic mass is 10.2. The summed E-state index contributed by atoms with van der Waals surface area (Å²) in [6, 6.07) is 8.91. The zero-order valence-corrected chi connectivity index (χ0v) is 13.0. The van der Waals surface area contributed by atoms with E-state index >= 15 is 0 Å². The predicted octanol–water partition coefficient (Wildman–Crippen LogP) is 3.70. The van der Waals surface area contributed by atoms with Gasteiger partial charge in [-0.3, -0.25) is 4.79 Å². The third kappa shape index (κ3) is 4.33. The van der Waals surface area contributed by atoms with Gasteiger partial charge in [-0.25, -0.2) is 0 Å². The normalized spacial score (nSPS) is 9.86. The Balaban J connectivity index is 2.11. The quantitative estimate of drug-likeness (QED) is 0.848. The van der Waals surface area contributed by atoms with E-state index in [2.05, 4.69) is 17.2 Å². The van der Waals surface area contributed by atoms with E-state index in [1.807, 2.05) is 13.0 Å². The standard InChI is InChI=1S/C16H14ClNO2S/c1-11-5-6-12(17)10-14(11)18-16(20)15-8-7-13(21-15)4-2-3-9-19/h5-8,10,19H,3,9H2,1H3,(H,18,20). The Bertz CT molecular complexity index is 713. The van der Waals surface area contributed by atoms with Crippen molar-refractivity contribution in [3.8, 4) is 11.8 Å². The molecule has 0 radical (unpaired) electrons. The van der Waals surface area contributed by atoms with E-state index in [-0.39, 0.29) is 12.5 Å². The maximum Gasteiger partial charge on any atom is 0.265 e. The average Bonchev–Trinajstić information content (AvgIpc) is 2.92. The molecule has 0 spiro atoms. The number of aliphatic hydroxyl groups excluding tert-OH is 1. The van der Waals surface area contributed by atoms with Gasteiger partial charge >= 0.3 is 0 Å². The third-order valence-electron chi connectivity index (χ3n) is 2.73. The van der Waals surface area contributed by atoms with E-state index in [4.69, 9.17) is 16.7 Å². The second-order valence-electron chi connectivity index (χ2n) is 4.35. The molecule has 1 aromatic heterocycles. The van der Waals surface area contributed by atoms with Crippen LogP contribution in [-0.2, 0) is 0 Å². The largest absolute Gasteiger partial charge is 0.395 e. The molecule has 2 aromatic rings. The first-order valence-corrected chi connectivity index (χ1v) is 7.56. The summed E-state index contributed by atoms with van der Waals surface area (Å²) in [7, 11) is 0. The number of aryl methyl sites for hydroxylation is 1. The molecule has 1 amide bonds. The zero-order valence-electron chi connectivity index (χ0n) is 11.4. The van der Waals surface area contributed by atoms with Crippen molar-refractivity contribution in [3.05, 3.63) is 50.7 Å². The monoisotopic (exact) mass is 319 g/mol. The molecule has 0 bridgehead atoms. The van der Waals surface area contributed by atoms with E-state index in [0.717, 1.165) is 10.4 Å². The van der Waals surface area contributed by atoms with Crippen LogP contribution >= 0.6 is 22.9 Å². The average molecular weight is 320 g/mol. The Hall–Kier alpha value is -1.80. The van der Waals surface area contributed by atoms with Crippen LogP contribution in [-0.4, -0.2) is 17.6 Å². The molecule has 0 aliphatic rings. The molecule has 0 aliphatic heterocycles. The first-order valence-electron chi connectivity index (χ1n) is 6.37. The van der Waals surface area contributed by atoms with Crippen LogP contribution in [0.4, 0.5) is 5.69 Å². The number of aliphatic hydroxyl groups is 1. The van der Waals surface area contributed by atoms with Crippen molar-refractivity contribution in [1.29, 1.82) is 0 Å². The predicted molar refractivity (Wildman–Crippen MR) is 87.0 cm³/mol. The Morgan fingerprint density at radius 2 is 2.19 bits per heavy atom. The molecular weight excluding hydrogens is 306 g/mol. The summed E-state index contributed by atoms with van der Waals surface area (Å²) in [5.74, 6) is 5.56. The lowest BCUT2D eigenvalue weighted by Gasteiger charge is -2.07. The number of thiophene rings is 1. The highest BCUT2D eigenvalue weighted by Crippen LogP contribution is 2.22. The van der Waals surface area contributed by atoms with Gasteiger partial charge in [-0.15, -0.1) is 11.3 Å². The summed E-state index contributed by atoms with van der Waals surface area (Å²) in [6.45, 7) is 1.95. The fourth-order valence-corrected chi connectivity index (χ4v) is 2.59. The van der Waals surface area contributed by atoms with Crippen LogP contribution < -0.4 is 5.32 Å². The minimum atomic E-state index is -0.180. The molecule has 21 heavy (non-hydrogen) atoms. The molecule has 0 fully saturated rings. The highest BCUT2D eigenvalue weighted by molar-refractivity contribution is 7.14. The van der Waals surface area contributed by atoms with Crippen LogP contribution in [0.2, 0.25) is 5.02 Å². The van der Waals surface area contributed by atoms with Crippen LogP contribution in [0.5, 0.6) is 0 Å². The van der Waals surface area contributed by atoms with Crippen LogP contribution in [0.1, 0.15) is 26.5 Å². The highest BCUT2D eigenvalue weighted by atomic mass is 35.5. The van der Waals surface area contributed by atoms with Gasteiger partial charge in [0.2, 0.25) is 0 Å². The molecule has 108 valence electrons. The van der Waals surface area contributed by atoms with Gasteiger partial charge in [0.05, 0.1) is 16.4 Å². The van der Waals surface area contributed by atoms with Gasteiger partial charge in [-0.2, -0.15) is 0 Å². The number of amides is 1. The van der Waals surface area contributed by atoms with Gasteiger partial charge < -0.3 is 10.4 Å². The number of nitrogens with one attached hydrogen (secondary N) is 1. The number of hydrogen-bond acceptors (Lipinski definition) is 3. The van der Waals surface area contributed by atoms with Crippen LogP contribution in [0.3, 0.4) is 0 Å². The number of carbonyl (C=O) groups is 1. The summed E-state index contributed by atoms with van der Waals surface area (Å²) < 4.78 is 0. The number of rotatable bonds is 3. The van der Waals surface area contributed by atoms with Gasteiger partial charge in [0.15, 0.2) is 0 Å². The second kappa shape index (κ2) is 7.28. The van der Waals surface area contributed by atoms with Crippen LogP contribution in [0.25, 0.3) is 0 Å². The SMILES string of the molecule is Cc1ccc(Cl)cc1NC(=O)c1ccc(C#CCCO)s1. The van der Waals surface area contributed by atoms with Crippen molar-refractivity contribution in [1.82, 2.24) is 0 Å². The molecule has 0 saturated carbocycles. The fraction of sp³-hybridized carbons (Fsp3) is 0.188. The second-order valence-corrected chi connectivity index (χ2v) is 5.87. The minimum Gasteiger partial charge on any atom is -0.395 e. The van der Waals surface area contributed by atoms with Crippen molar-refractivity contribution >= 4 is 34.5 Å². The molecule has 0 saturated heterocycles. The van der Waals surface area contributed by atoms with E-state index in [1.54, 1.807) is 24.3 Å². The number of anilines is 1. The Kier molecular flexibility index (Phi) is 5.40. The van der Waals surface area contributed by atoms with Crippen molar-refractivity contribution in [3.63, 3.8) is 0 Å². The Morgan fingerprint density at radius 1 is 1.38 bits per heavy atom. The van der Waals surface area contributed by atoms with Gasteiger partial charge in [-0.1, -0.05) is 29.5 Å². The summed E-state index contributed by atoms with van der Waals surface area (Å²) in [5, 5.41) is 12.1. The molecule has 2 N–H and O–H groups in total.